The molecule has 0 bridgehead atoms. The standard InChI is InChI=1S/C18H25F3N2O3S/c1-11(2)27(25,26)23-14-6-4-13(5-7-14)17(24)22-15-8-9-16(12(3)10-15)18(19,20)21/h8-11,13-14,23H,4-7H2,1-3H3,(H,22,24)/t13-,14-. The second-order valence-corrected chi connectivity index (χ2v) is 9.55. The zero-order valence-electron chi connectivity index (χ0n) is 15.6. The minimum Gasteiger partial charge on any atom is -0.326 e. The zero-order valence-corrected chi connectivity index (χ0v) is 16.4. The van der Waals surface area contributed by atoms with Crippen molar-refractivity contribution in [2.24, 2.45) is 5.92 Å². The molecule has 0 heterocycles. The third-order valence-corrected chi connectivity index (χ3v) is 6.75. The summed E-state index contributed by atoms with van der Waals surface area (Å²) in [5.41, 5.74) is -0.348. The fourth-order valence-electron chi connectivity index (χ4n) is 3.15. The summed E-state index contributed by atoms with van der Waals surface area (Å²) in [6, 6.07) is 3.33. The van der Waals surface area contributed by atoms with Gasteiger partial charge in [0.05, 0.1) is 10.8 Å². The number of halogens is 3. The lowest BCUT2D eigenvalue weighted by Gasteiger charge is -2.28. The lowest BCUT2D eigenvalue weighted by Crippen LogP contribution is -2.42. The Labute approximate surface area is 157 Å². The first-order valence-corrected chi connectivity index (χ1v) is 10.4. The Bertz CT molecular complexity index is 784. The molecule has 1 aliphatic carbocycles. The summed E-state index contributed by atoms with van der Waals surface area (Å²) >= 11 is 0. The van der Waals surface area contributed by atoms with Crippen molar-refractivity contribution in [1.82, 2.24) is 4.72 Å². The van der Waals surface area contributed by atoms with Gasteiger partial charge in [-0.15, -0.1) is 0 Å². The molecule has 1 fully saturated rings. The number of amides is 1. The van der Waals surface area contributed by atoms with Gasteiger partial charge in [0.25, 0.3) is 0 Å². The second-order valence-electron chi connectivity index (χ2n) is 7.28. The molecule has 9 heteroatoms. The number of carbonyl (C=O) groups excluding carboxylic acids is 1. The van der Waals surface area contributed by atoms with Gasteiger partial charge in [-0.3, -0.25) is 4.79 Å². The van der Waals surface area contributed by atoms with Crippen molar-refractivity contribution < 1.29 is 26.4 Å². The second kappa shape index (κ2) is 8.18. The molecule has 0 aromatic heterocycles. The highest BCUT2D eigenvalue weighted by Crippen LogP contribution is 2.33. The molecule has 1 aromatic rings. The fraction of sp³-hybridized carbons (Fsp3) is 0.611. The lowest BCUT2D eigenvalue weighted by atomic mass is 9.86. The summed E-state index contributed by atoms with van der Waals surface area (Å²) in [6.07, 6.45) is -2.27. The van der Waals surface area contributed by atoms with Gasteiger partial charge in [0, 0.05) is 17.6 Å². The molecule has 1 aliphatic rings. The van der Waals surface area contributed by atoms with E-state index in [-0.39, 0.29) is 23.4 Å². The van der Waals surface area contributed by atoms with E-state index in [4.69, 9.17) is 0 Å². The summed E-state index contributed by atoms with van der Waals surface area (Å²) < 4.78 is 64.9. The largest absolute Gasteiger partial charge is 0.416 e. The molecule has 1 amide bonds. The number of benzene rings is 1. The number of sulfonamides is 1. The van der Waals surface area contributed by atoms with Crippen LogP contribution in [0.4, 0.5) is 18.9 Å². The highest BCUT2D eigenvalue weighted by atomic mass is 32.2. The maximum absolute atomic E-state index is 12.8. The molecular formula is C18H25F3N2O3S. The van der Waals surface area contributed by atoms with Gasteiger partial charge in [-0.25, -0.2) is 13.1 Å². The van der Waals surface area contributed by atoms with E-state index in [1.807, 2.05) is 0 Å². The Morgan fingerprint density at radius 2 is 1.74 bits per heavy atom. The summed E-state index contributed by atoms with van der Waals surface area (Å²) in [4.78, 5) is 12.4. The minimum absolute atomic E-state index is 0.0482. The minimum atomic E-state index is -4.42. The molecule has 0 unspecified atom stereocenters. The van der Waals surface area contributed by atoms with Crippen LogP contribution >= 0.6 is 0 Å². The Morgan fingerprint density at radius 1 is 1.15 bits per heavy atom. The number of carbonyl (C=O) groups is 1. The van der Waals surface area contributed by atoms with Gasteiger partial charge in [0.15, 0.2) is 0 Å². The van der Waals surface area contributed by atoms with E-state index in [1.165, 1.54) is 19.1 Å². The van der Waals surface area contributed by atoms with Gasteiger partial charge < -0.3 is 5.32 Å². The van der Waals surface area contributed by atoms with E-state index in [2.05, 4.69) is 10.0 Å². The smallest absolute Gasteiger partial charge is 0.326 e. The van der Waals surface area contributed by atoms with Crippen molar-refractivity contribution in [1.29, 1.82) is 0 Å². The van der Waals surface area contributed by atoms with Crippen LogP contribution in [0.2, 0.25) is 0 Å². The summed E-state index contributed by atoms with van der Waals surface area (Å²) in [5.74, 6) is -0.535. The average molecular weight is 406 g/mol. The Hall–Kier alpha value is -1.61. The normalized spacial score (nSPS) is 21.3. The van der Waals surface area contributed by atoms with Gasteiger partial charge in [0.1, 0.15) is 0 Å². The predicted octanol–water partition coefficient (Wildman–Crippen LogP) is 3.84. The van der Waals surface area contributed by atoms with Crippen LogP contribution in [0, 0.1) is 12.8 Å². The van der Waals surface area contributed by atoms with Crippen molar-refractivity contribution in [2.45, 2.75) is 63.9 Å². The predicted molar refractivity (Wildman–Crippen MR) is 97.7 cm³/mol. The van der Waals surface area contributed by atoms with Gasteiger partial charge in [-0.1, -0.05) is 0 Å². The van der Waals surface area contributed by atoms with E-state index >= 15 is 0 Å². The first-order chi connectivity index (χ1) is 12.4. The quantitative estimate of drug-likeness (QED) is 0.780. The number of anilines is 1. The molecule has 0 spiro atoms. The van der Waals surface area contributed by atoms with Crippen molar-refractivity contribution in [2.75, 3.05) is 5.32 Å². The van der Waals surface area contributed by atoms with E-state index < -0.39 is 27.0 Å². The van der Waals surface area contributed by atoms with Crippen LogP contribution < -0.4 is 10.0 Å². The highest BCUT2D eigenvalue weighted by Gasteiger charge is 2.33. The summed E-state index contributed by atoms with van der Waals surface area (Å²) in [6.45, 7) is 4.56. The number of hydrogen-bond acceptors (Lipinski definition) is 3. The third-order valence-electron chi connectivity index (χ3n) is 4.85. The van der Waals surface area contributed by atoms with Crippen molar-refractivity contribution in [3.63, 3.8) is 0 Å². The van der Waals surface area contributed by atoms with Gasteiger partial charge >= 0.3 is 6.18 Å². The number of hydrogen-bond donors (Lipinski definition) is 2. The molecule has 1 aromatic carbocycles. The monoisotopic (exact) mass is 406 g/mol. The van der Waals surface area contributed by atoms with E-state index in [9.17, 15) is 26.4 Å². The van der Waals surface area contributed by atoms with Crippen LogP contribution in [0.25, 0.3) is 0 Å². The van der Waals surface area contributed by atoms with E-state index in [0.717, 1.165) is 6.07 Å². The topological polar surface area (TPSA) is 75.3 Å². The number of aryl methyl sites for hydroxylation is 1. The number of nitrogens with one attached hydrogen (secondary N) is 2. The molecule has 1 saturated carbocycles. The van der Waals surface area contributed by atoms with Gasteiger partial charge in [0.2, 0.25) is 15.9 Å². The van der Waals surface area contributed by atoms with Crippen LogP contribution in [-0.4, -0.2) is 25.6 Å². The highest BCUT2D eigenvalue weighted by molar-refractivity contribution is 7.90. The van der Waals surface area contributed by atoms with Crippen LogP contribution in [0.15, 0.2) is 18.2 Å². The zero-order chi connectivity index (χ0) is 20.4. The lowest BCUT2D eigenvalue weighted by molar-refractivity contribution is -0.138. The molecule has 0 saturated heterocycles. The van der Waals surface area contributed by atoms with Crippen molar-refractivity contribution >= 4 is 21.6 Å². The molecular weight excluding hydrogens is 381 g/mol. The van der Waals surface area contributed by atoms with Gasteiger partial charge in [-0.2, -0.15) is 13.2 Å². The maximum Gasteiger partial charge on any atom is 0.416 e. The third kappa shape index (κ3) is 5.68. The molecule has 0 radical (unpaired) electrons. The van der Waals surface area contributed by atoms with Gasteiger partial charge in [-0.05, 0) is 70.2 Å². The first kappa shape index (κ1) is 21.7. The van der Waals surface area contributed by atoms with Crippen LogP contribution in [-0.2, 0) is 21.0 Å². The Balaban J connectivity index is 1.92. The molecule has 152 valence electrons. The van der Waals surface area contributed by atoms with E-state index in [1.54, 1.807) is 13.8 Å². The molecule has 27 heavy (non-hydrogen) atoms. The van der Waals surface area contributed by atoms with Crippen molar-refractivity contribution in [3.8, 4) is 0 Å². The molecule has 0 aliphatic heterocycles. The molecule has 2 rings (SSSR count). The average Bonchev–Trinajstić information content (AvgIpc) is 2.53. The Morgan fingerprint density at radius 3 is 2.22 bits per heavy atom. The van der Waals surface area contributed by atoms with Crippen LogP contribution in [0.5, 0.6) is 0 Å². The Kier molecular flexibility index (Phi) is 6.57. The SMILES string of the molecule is Cc1cc(NC(=O)[C@H]2CC[C@H](NS(=O)(=O)C(C)C)CC2)ccc1C(F)(F)F. The molecule has 0 atom stereocenters. The summed E-state index contributed by atoms with van der Waals surface area (Å²) in [7, 11) is -3.35. The fourth-order valence-corrected chi connectivity index (χ4v) is 4.12. The van der Waals surface area contributed by atoms with Crippen molar-refractivity contribution in [3.05, 3.63) is 29.3 Å². The van der Waals surface area contributed by atoms with Crippen LogP contribution in [0.3, 0.4) is 0 Å². The maximum atomic E-state index is 12.8. The van der Waals surface area contributed by atoms with Crippen LogP contribution in [0.1, 0.15) is 50.7 Å². The first-order valence-electron chi connectivity index (χ1n) is 8.90. The molecule has 2 N–H and O–H groups in total. The number of rotatable bonds is 5. The number of alkyl halides is 3. The summed E-state index contributed by atoms with van der Waals surface area (Å²) in [5, 5.41) is 2.15. The van der Waals surface area contributed by atoms with E-state index in [0.29, 0.717) is 31.4 Å². The molecule has 5 nitrogen and oxygen atoms in total.